The lowest BCUT2D eigenvalue weighted by Gasteiger charge is -2.48. The Balaban J connectivity index is 1.14. The summed E-state index contributed by atoms with van der Waals surface area (Å²) >= 11 is 0. The second-order valence-corrected chi connectivity index (χ2v) is 10.2. The summed E-state index contributed by atoms with van der Waals surface area (Å²) in [5, 5.41) is 0. The van der Waals surface area contributed by atoms with Crippen molar-refractivity contribution in [1.82, 2.24) is 14.8 Å². The Morgan fingerprint density at radius 2 is 1.72 bits per heavy atom. The van der Waals surface area contributed by atoms with Crippen molar-refractivity contribution in [2.45, 2.75) is 69.4 Å². The first-order valence-corrected chi connectivity index (χ1v) is 12.5. The first-order valence-electron chi connectivity index (χ1n) is 12.5. The number of benzene rings is 1. The van der Waals surface area contributed by atoms with Gasteiger partial charge in [0.2, 0.25) is 0 Å². The number of piperidine rings is 1. The molecule has 1 spiro atoms. The van der Waals surface area contributed by atoms with Gasteiger partial charge < -0.3 is 14.5 Å². The number of amides is 1. The number of pyridine rings is 1. The zero-order chi connectivity index (χ0) is 21.5. The summed E-state index contributed by atoms with van der Waals surface area (Å²) in [7, 11) is 0. The molecule has 1 aromatic carbocycles. The Hall–Kier alpha value is -2.40. The lowest BCUT2D eigenvalue weighted by Crippen LogP contribution is -2.53. The minimum atomic E-state index is 0.0356. The highest BCUT2D eigenvalue weighted by molar-refractivity contribution is 5.92. The van der Waals surface area contributed by atoms with E-state index >= 15 is 0 Å². The van der Waals surface area contributed by atoms with E-state index in [0.717, 1.165) is 74.5 Å². The monoisotopic (exact) mass is 431 g/mol. The van der Waals surface area contributed by atoms with Crippen molar-refractivity contribution in [3.8, 4) is 16.9 Å². The van der Waals surface area contributed by atoms with E-state index in [1.807, 2.05) is 23.2 Å². The fourth-order valence-electron chi connectivity index (χ4n) is 5.87. The van der Waals surface area contributed by atoms with Gasteiger partial charge in [0.25, 0.3) is 5.91 Å². The molecule has 4 heterocycles. The Labute approximate surface area is 190 Å². The van der Waals surface area contributed by atoms with Crippen LogP contribution in [0.5, 0.6) is 5.75 Å². The third kappa shape index (κ3) is 3.71. The van der Waals surface area contributed by atoms with Crippen LogP contribution in [0.1, 0.15) is 67.4 Å². The number of carbonyl (C=O) groups is 1. The molecule has 6 rings (SSSR count). The minimum absolute atomic E-state index is 0.0356. The van der Waals surface area contributed by atoms with Crippen LogP contribution in [0, 0.1) is 0 Å². The maximum Gasteiger partial charge on any atom is 0.272 e. The molecule has 1 aromatic heterocycles. The van der Waals surface area contributed by atoms with Crippen LogP contribution in [0.4, 0.5) is 0 Å². The highest BCUT2D eigenvalue weighted by Gasteiger charge is 2.41. The van der Waals surface area contributed by atoms with Crippen LogP contribution in [0.3, 0.4) is 0 Å². The molecule has 4 aliphatic rings. The van der Waals surface area contributed by atoms with Crippen molar-refractivity contribution in [3.05, 3.63) is 47.8 Å². The van der Waals surface area contributed by atoms with E-state index in [0.29, 0.717) is 5.69 Å². The van der Waals surface area contributed by atoms with E-state index in [1.54, 1.807) is 0 Å². The fraction of sp³-hybridized carbons (Fsp3) is 0.556. The standard InChI is InChI=1S/C27H33N3O2/c31-26(30-14-1-2-15-30)24-8-6-22(19-28-24)20-7-9-25-21(18-20)10-11-27(32-25)12-16-29(17-13-27)23-4-3-5-23/h6-9,18-19,23H,1-5,10-17H2. The third-order valence-electron chi connectivity index (χ3n) is 8.25. The molecule has 3 fully saturated rings. The van der Waals surface area contributed by atoms with Crippen molar-refractivity contribution in [2.24, 2.45) is 0 Å². The highest BCUT2D eigenvalue weighted by atomic mass is 16.5. The van der Waals surface area contributed by atoms with Crippen molar-refractivity contribution in [1.29, 1.82) is 0 Å². The highest BCUT2D eigenvalue weighted by Crippen LogP contribution is 2.42. The van der Waals surface area contributed by atoms with Crippen LogP contribution in [0.2, 0.25) is 0 Å². The lowest BCUT2D eigenvalue weighted by molar-refractivity contribution is -0.0336. The molecule has 1 saturated carbocycles. The van der Waals surface area contributed by atoms with Crippen LogP contribution < -0.4 is 4.74 Å². The Morgan fingerprint density at radius 1 is 0.938 bits per heavy atom. The second kappa shape index (κ2) is 8.18. The molecule has 5 nitrogen and oxygen atoms in total. The molecule has 2 aromatic rings. The predicted octanol–water partition coefficient (Wildman–Crippen LogP) is 4.70. The number of likely N-dealkylation sites (tertiary alicyclic amines) is 2. The van der Waals surface area contributed by atoms with Gasteiger partial charge >= 0.3 is 0 Å². The third-order valence-corrected chi connectivity index (χ3v) is 8.25. The molecule has 3 aliphatic heterocycles. The number of rotatable bonds is 3. The molecule has 1 amide bonds. The molecule has 0 N–H and O–H groups in total. The number of hydrogen-bond acceptors (Lipinski definition) is 4. The summed E-state index contributed by atoms with van der Waals surface area (Å²) in [4.78, 5) is 21.6. The fourth-order valence-corrected chi connectivity index (χ4v) is 5.87. The maximum atomic E-state index is 12.6. The molecular formula is C27H33N3O2. The maximum absolute atomic E-state index is 12.6. The minimum Gasteiger partial charge on any atom is -0.487 e. The number of aromatic nitrogens is 1. The van der Waals surface area contributed by atoms with Gasteiger partial charge in [-0.1, -0.05) is 18.6 Å². The lowest BCUT2D eigenvalue weighted by atomic mass is 9.81. The number of aryl methyl sites for hydroxylation is 1. The smallest absolute Gasteiger partial charge is 0.272 e. The second-order valence-electron chi connectivity index (χ2n) is 10.2. The van der Waals surface area contributed by atoms with Crippen LogP contribution >= 0.6 is 0 Å². The molecule has 0 unspecified atom stereocenters. The first kappa shape index (κ1) is 20.2. The zero-order valence-corrected chi connectivity index (χ0v) is 18.9. The molecule has 32 heavy (non-hydrogen) atoms. The number of nitrogens with zero attached hydrogens (tertiary/aromatic N) is 3. The van der Waals surface area contributed by atoms with Crippen molar-refractivity contribution in [2.75, 3.05) is 26.2 Å². The van der Waals surface area contributed by atoms with E-state index < -0.39 is 0 Å². The van der Waals surface area contributed by atoms with Crippen molar-refractivity contribution >= 4 is 5.91 Å². The van der Waals surface area contributed by atoms with Gasteiger partial charge in [0, 0.05) is 44.0 Å². The van der Waals surface area contributed by atoms with Gasteiger partial charge in [-0.3, -0.25) is 9.78 Å². The molecule has 5 heteroatoms. The van der Waals surface area contributed by atoms with Gasteiger partial charge in [0.15, 0.2) is 0 Å². The van der Waals surface area contributed by atoms with Crippen molar-refractivity contribution < 1.29 is 9.53 Å². The SMILES string of the molecule is O=C(c1ccc(-c2ccc3c(c2)CCC2(CCN(C4CCC4)CC2)O3)cn1)N1CCCC1. The van der Waals surface area contributed by atoms with E-state index in [2.05, 4.69) is 28.1 Å². The van der Waals surface area contributed by atoms with E-state index in [9.17, 15) is 4.79 Å². The normalized spacial score (nSPS) is 22.9. The Bertz CT molecular complexity index is 984. The molecule has 2 saturated heterocycles. The topological polar surface area (TPSA) is 45.7 Å². The number of ether oxygens (including phenoxy) is 1. The molecule has 1 aliphatic carbocycles. The predicted molar refractivity (Wildman–Crippen MR) is 125 cm³/mol. The van der Waals surface area contributed by atoms with Gasteiger partial charge in [0.1, 0.15) is 17.0 Å². The van der Waals surface area contributed by atoms with Crippen LogP contribution in [0.15, 0.2) is 36.5 Å². The van der Waals surface area contributed by atoms with Gasteiger partial charge in [-0.25, -0.2) is 0 Å². The Kier molecular flexibility index (Phi) is 5.17. The largest absolute Gasteiger partial charge is 0.487 e. The first-order chi connectivity index (χ1) is 15.7. The Morgan fingerprint density at radius 3 is 2.41 bits per heavy atom. The van der Waals surface area contributed by atoms with Crippen LogP contribution in [0.25, 0.3) is 11.1 Å². The van der Waals surface area contributed by atoms with E-state index in [1.165, 1.54) is 37.9 Å². The molecule has 168 valence electrons. The van der Waals surface area contributed by atoms with Crippen LogP contribution in [-0.4, -0.2) is 58.5 Å². The summed E-state index contributed by atoms with van der Waals surface area (Å²) < 4.78 is 6.65. The van der Waals surface area contributed by atoms with Crippen molar-refractivity contribution in [3.63, 3.8) is 0 Å². The molecule has 0 atom stereocenters. The van der Waals surface area contributed by atoms with E-state index in [4.69, 9.17) is 4.74 Å². The quantitative estimate of drug-likeness (QED) is 0.707. The zero-order valence-electron chi connectivity index (χ0n) is 18.9. The van der Waals surface area contributed by atoms with Crippen LogP contribution in [-0.2, 0) is 6.42 Å². The number of carbonyl (C=O) groups excluding carboxylic acids is 1. The van der Waals surface area contributed by atoms with Gasteiger partial charge in [0.05, 0.1) is 0 Å². The molecule has 0 radical (unpaired) electrons. The summed E-state index contributed by atoms with van der Waals surface area (Å²) in [5.41, 5.74) is 4.09. The summed E-state index contributed by atoms with van der Waals surface area (Å²) in [6, 6.07) is 11.3. The summed E-state index contributed by atoms with van der Waals surface area (Å²) in [5.74, 6) is 1.12. The van der Waals surface area contributed by atoms with Gasteiger partial charge in [-0.05, 0) is 80.7 Å². The van der Waals surface area contributed by atoms with E-state index in [-0.39, 0.29) is 11.5 Å². The average Bonchev–Trinajstić information content (AvgIpc) is 3.34. The number of hydrogen-bond donors (Lipinski definition) is 0. The summed E-state index contributed by atoms with van der Waals surface area (Å²) in [6.45, 7) is 4.08. The molecule has 0 bridgehead atoms. The molecular weight excluding hydrogens is 398 g/mol. The average molecular weight is 432 g/mol. The van der Waals surface area contributed by atoms with Gasteiger partial charge in [-0.2, -0.15) is 0 Å². The number of fused-ring (bicyclic) bond motifs is 1. The summed E-state index contributed by atoms with van der Waals surface area (Å²) in [6.07, 6.45) is 12.7. The van der Waals surface area contributed by atoms with Gasteiger partial charge in [-0.15, -0.1) is 0 Å².